The van der Waals surface area contributed by atoms with Gasteiger partial charge in [-0.25, -0.2) is 4.98 Å². The highest BCUT2D eigenvalue weighted by Gasteiger charge is 2.23. The number of methoxy groups -OCH3 is 1. The minimum atomic E-state index is -0.321. The van der Waals surface area contributed by atoms with Crippen LogP contribution in [0.15, 0.2) is 42.7 Å². The van der Waals surface area contributed by atoms with Crippen molar-refractivity contribution in [2.45, 2.75) is 44.6 Å². The lowest BCUT2D eigenvalue weighted by atomic mass is 9.99. The molecule has 3 aromatic rings. The van der Waals surface area contributed by atoms with Gasteiger partial charge >= 0.3 is 0 Å². The number of ether oxygens (including phenoxy) is 1. The van der Waals surface area contributed by atoms with Crippen molar-refractivity contribution < 1.29 is 9.53 Å². The maximum Gasteiger partial charge on any atom is 0.262 e. The summed E-state index contributed by atoms with van der Waals surface area (Å²) in [5.74, 6) is 1.56. The average Bonchev–Trinajstić information content (AvgIpc) is 3.32. The number of carbonyl (C=O) groups excluding carboxylic acids is 1. The highest BCUT2D eigenvalue weighted by molar-refractivity contribution is 7.14. The van der Waals surface area contributed by atoms with E-state index in [0.29, 0.717) is 0 Å². The Kier molecular flexibility index (Phi) is 6.00. The monoisotopic (exact) mass is 409 g/mol. The minimum absolute atomic E-state index is 0.0365. The molecule has 1 aromatic carbocycles. The lowest BCUT2D eigenvalue weighted by Crippen LogP contribution is -2.30. The van der Waals surface area contributed by atoms with Crippen molar-refractivity contribution in [2.24, 2.45) is 7.05 Å². The van der Waals surface area contributed by atoms with Crippen molar-refractivity contribution in [1.29, 1.82) is 0 Å². The molecule has 1 aliphatic rings. The zero-order valence-corrected chi connectivity index (χ0v) is 17.8. The summed E-state index contributed by atoms with van der Waals surface area (Å²) in [5, 5.41) is 3.22. The van der Waals surface area contributed by atoms with Crippen molar-refractivity contribution in [1.82, 2.24) is 14.9 Å². The van der Waals surface area contributed by atoms with Crippen LogP contribution >= 0.6 is 11.3 Å². The van der Waals surface area contributed by atoms with Crippen LogP contribution in [-0.2, 0) is 19.9 Å². The first kappa shape index (κ1) is 19.7. The summed E-state index contributed by atoms with van der Waals surface area (Å²) < 4.78 is 7.22. The van der Waals surface area contributed by atoms with Crippen LogP contribution in [0.25, 0.3) is 0 Å². The highest BCUT2D eigenvalue weighted by atomic mass is 32.1. The standard InChI is InChI=1S/C23H27N3O2S/c1-26-14-13-24-22(26)21(16-9-11-18(28-2)12-10-16)25-23(27)20-15-17-7-5-3-4-6-8-19(17)29-20/h9-15,21H,3-8H2,1-2H3,(H,25,27)/t21-/m1/s1. The number of aryl methyl sites for hydroxylation is 3. The third kappa shape index (κ3) is 4.37. The number of fused-ring (bicyclic) bond motifs is 1. The molecule has 152 valence electrons. The average molecular weight is 410 g/mol. The lowest BCUT2D eigenvalue weighted by molar-refractivity contribution is 0.0945. The Hall–Kier alpha value is -2.60. The molecular formula is C23H27N3O2S. The summed E-state index contributed by atoms with van der Waals surface area (Å²) in [4.78, 5) is 19.9. The molecule has 0 aliphatic heterocycles. The number of benzene rings is 1. The van der Waals surface area contributed by atoms with Gasteiger partial charge in [0.05, 0.1) is 12.0 Å². The van der Waals surface area contributed by atoms with E-state index in [1.807, 2.05) is 42.1 Å². The quantitative estimate of drug-likeness (QED) is 0.666. The number of rotatable bonds is 5. The zero-order valence-electron chi connectivity index (χ0n) is 17.0. The van der Waals surface area contributed by atoms with Crippen LogP contribution in [0.5, 0.6) is 5.75 Å². The third-order valence-corrected chi connectivity index (χ3v) is 6.80. The number of nitrogens with zero attached hydrogens (tertiary/aromatic N) is 2. The van der Waals surface area contributed by atoms with E-state index in [9.17, 15) is 4.79 Å². The summed E-state index contributed by atoms with van der Waals surface area (Å²) >= 11 is 1.65. The molecule has 1 atom stereocenters. The second kappa shape index (κ2) is 8.82. The summed E-state index contributed by atoms with van der Waals surface area (Å²) in [6.07, 6.45) is 10.8. The van der Waals surface area contributed by atoms with Gasteiger partial charge in [-0.3, -0.25) is 4.79 Å². The molecular weight excluding hydrogens is 382 g/mol. The van der Waals surface area contributed by atoms with Gasteiger partial charge in [-0.05, 0) is 55.0 Å². The highest BCUT2D eigenvalue weighted by Crippen LogP contribution is 2.30. The molecule has 0 bridgehead atoms. The van der Waals surface area contributed by atoms with Crippen LogP contribution in [0.1, 0.15) is 63.2 Å². The predicted octanol–water partition coefficient (Wildman–Crippen LogP) is 4.67. The summed E-state index contributed by atoms with van der Waals surface area (Å²) in [6.45, 7) is 0. The number of nitrogens with one attached hydrogen (secondary N) is 1. The molecule has 29 heavy (non-hydrogen) atoms. The summed E-state index contributed by atoms with van der Waals surface area (Å²) in [7, 11) is 3.60. The van der Waals surface area contributed by atoms with Gasteiger partial charge in [0.15, 0.2) is 0 Å². The van der Waals surface area contributed by atoms with E-state index < -0.39 is 0 Å². The number of hydrogen-bond donors (Lipinski definition) is 1. The first-order valence-electron chi connectivity index (χ1n) is 10.2. The van der Waals surface area contributed by atoms with Gasteiger partial charge in [0.2, 0.25) is 0 Å². The molecule has 0 fully saturated rings. The van der Waals surface area contributed by atoms with E-state index in [1.54, 1.807) is 24.6 Å². The predicted molar refractivity (Wildman–Crippen MR) is 116 cm³/mol. The number of carbonyl (C=O) groups is 1. The second-order valence-corrected chi connectivity index (χ2v) is 8.69. The Morgan fingerprint density at radius 3 is 2.62 bits per heavy atom. The Balaban J connectivity index is 1.61. The first-order chi connectivity index (χ1) is 14.2. The number of hydrogen-bond acceptors (Lipinski definition) is 4. The van der Waals surface area contributed by atoms with Gasteiger partial charge in [-0.1, -0.05) is 25.0 Å². The smallest absolute Gasteiger partial charge is 0.262 e. The van der Waals surface area contributed by atoms with Crippen molar-refractivity contribution in [3.05, 3.63) is 69.4 Å². The maximum absolute atomic E-state index is 13.2. The number of aromatic nitrogens is 2. The Bertz CT molecular complexity index is 949. The van der Waals surface area contributed by atoms with Crippen LogP contribution in [0.3, 0.4) is 0 Å². The normalized spacial score (nSPS) is 15.1. The fourth-order valence-corrected chi connectivity index (χ4v) is 5.06. The fourth-order valence-electron chi connectivity index (χ4n) is 3.91. The Morgan fingerprint density at radius 1 is 1.17 bits per heavy atom. The molecule has 2 aromatic heterocycles. The molecule has 0 radical (unpaired) electrons. The van der Waals surface area contributed by atoms with Gasteiger partial charge in [0.1, 0.15) is 17.6 Å². The van der Waals surface area contributed by atoms with Gasteiger partial charge in [-0.15, -0.1) is 11.3 Å². The third-order valence-electron chi connectivity index (χ3n) is 5.56. The van der Waals surface area contributed by atoms with Crippen LogP contribution in [0.2, 0.25) is 0 Å². The van der Waals surface area contributed by atoms with E-state index in [2.05, 4.69) is 16.4 Å². The van der Waals surface area contributed by atoms with Crippen LogP contribution < -0.4 is 10.1 Å². The van der Waals surface area contributed by atoms with Crippen molar-refractivity contribution in [3.63, 3.8) is 0 Å². The Labute approximate surface area is 175 Å². The van der Waals surface area contributed by atoms with E-state index >= 15 is 0 Å². The molecule has 6 heteroatoms. The van der Waals surface area contributed by atoms with Crippen molar-refractivity contribution in [3.8, 4) is 5.75 Å². The van der Waals surface area contributed by atoms with E-state index in [-0.39, 0.29) is 11.9 Å². The van der Waals surface area contributed by atoms with Crippen LogP contribution in [-0.4, -0.2) is 22.6 Å². The molecule has 0 spiro atoms. The number of thiophene rings is 1. The topological polar surface area (TPSA) is 56.1 Å². The van der Waals surface area contributed by atoms with E-state index in [4.69, 9.17) is 4.74 Å². The SMILES string of the molecule is COc1ccc([C@@H](NC(=O)c2cc3c(s2)CCCCCC3)c2nccn2C)cc1. The Morgan fingerprint density at radius 2 is 1.93 bits per heavy atom. The van der Waals surface area contributed by atoms with Gasteiger partial charge < -0.3 is 14.6 Å². The summed E-state index contributed by atoms with van der Waals surface area (Å²) in [5.41, 5.74) is 2.33. The van der Waals surface area contributed by atoms with Crippen LogP contribution in [0.4, 0.5) is 0 Å². The molecule has 1 N–H and O–H groups in total. The number of imidazole rings is 1. The molecule has 0 saturated carbocycles. The van der Waals surface area contributed by atoms with Crippen molar-refractivity contribution >= 4 is 17.2 Å². The molecule has 0 saturated heterocycles. The number of amides is 1. The second-order valence-electron chi connectivity index (χ2n) is 7.55. The molecule has 0 unspecified atom stereocenters. The molecule has 1 aliphatic carbocycles. The van der Waals surface area contributed by atoms with Crippen LogP contribution in [0, 0.1) is 0 Å². The van der Waals surface area contributed by atoms with Gasteiger partial charge in [-0.2, -0.15) is 0 Å². The maximum atomic E-state index is 13.2. The van der Waals surface area contributed by atoms with Crippen molar-refractivity contribution in [2.75, 3.05) is 7.11 Å². The largest absolute Gasteiger partial charge is 0.497 e. The first-order valence-corrected chi connectivity index (χ1v) is 11.0. The molecule has 5 nitrogen and oxygen atoms in total. The molecule has 1 amide bonds. The zero-order chi connectivity index (χ0) is 20.2. The van der Waals surface area contributed by atoms with E-state index in [0.717, 1.165) is 34.9 Å². The minimum Gasteiger partial charge on any atom is -0.497 e. The van der Waals surface area contributed by atoms with E-state index in [1.165, 1.54) is 36.1 Å². The summed E-state index contributed by atoms with van der Waals surface area (Å²) in [6, 6.07) is 9.56. The molecule has 2 heterocycles. The van der Waals surface area contributed by atoms with Gasteiger partial charge in [0, 0.05) is 24.3 Å². The lowest BCUT2D eigenvalue weighted by Gasteiger charge is -2.19. The molecule has 4 rings (SSSR count). The van der Waals surface area contributed by atoms with Gasteiger partial charge in [0.25, 0.3) is 5.91 Å². The fraction of sp³-hybridized carbons (Fsp3) is 0.391.